The first-order chi connectivity index (χ1) is 18.4. The fourth-order valence-corrected chi connectivity index (χ4v) is 9.49. The molecule has 0 radical (unpaired) electrons. The minimum absolute atomic E-state index is 0.102. The zero-order valence-corrected chi connectivity index (χ0v) is 23.1. The van der Waals surface area contributed by atoms with E-state index in [4.69, 9.17) is 0 Å². The predicted octanol–water partition coefficient (Wildman–Crippen LogP) is 6.46. The minimum atomic E-state index is 0.102. The maximum Gasteiger partial charge on any atom is 0.223 e. The number of hydrogen-bond acceptors (Lipinski definition) is 2. The molecule has 7 atom stereocenters. The molecular formula is C34H44N2O2. The second-order valence-corrected chi connectivity index (χ2v) is 13.2. The summed E-state index contributed by atoms with van der Waals surface area (Å²) >= 11 is 0. The monoisotopic (exact) mass is 512 g/mol. The summed E-state index contributed by atoms with van der Waals surface area (Å²) in [6.07, 6.45) is 9.47. The minimum Gasteiger partial charge on any atom is -0.356 e. The van der Waals surface area contributed by atoms with Gasteiger partial charge in [0.2, 0.25) is 11.8 Å². The first-order valence-electron chi connectivity index (χ1n) is 15.1. The summed E-state index contributed by atoms with van der Waals surface area (Å²) in [4.78, 5) is 25.8. The number of benzene rings is 2. The van der Waals surface area contributed by atoms with Gasteiger partial charge >= 0.3 is 0 Å². The van der Waals surface area contributed by atoms with Gasteiger partial charge in [-0.1, -0.05) is 74.5 Å². The van der Waals surface area contributed by atoms with Crippen molar-refractivity contribution in [1.82, 2.24) is 10.6 Å². The molecule has 6 rings (SSSR count). The molecule has 1 aliphatic heterocycles. The third kappa shape index (κ3) is 4.38. The van der Waals surface area contributed by atoms with E-state index >= 15 is 0 Å². The van der Waals surface area contributed by atoms with Crippen LogP contribution in [0.2, 0.25) is 0 Å². The maximum atomic E-state index is 13.7. The summed E-state index contributed by atoms with van der Waals surface area (Å²) in [7, 11) is 0. The first-order valence-corrected chi connectivity index (χ1v) is 15.1. The number of rotatable bonds is 6. The summed E-state index contributed by atoms with van der Waals surface area (Å²) in [5.41, 5.74) is 2.94. The standard InChI is InChI=1S/C34H44N2O2/c1-33-20-17-28-26(13-16-30-34(28,2)21-18-31(37)36-30)27(33)14-15-29(33)32(38)35-22-19-25(23-9-5-3-6-10-23)24-11-7-4-8-12-24/h3-12,25-30H,13-22H2,1-2H3,(H,35,38)(H,36,37)/t26-,27-,28-,29+,30+,33-,34+/m0/s1. The van der Waals surface area contributed by atoms with Crippen LogP contribution < -0.4 is 10.6 Å². The smallest absolute Gasteiger partial charge is 0.223 e. The van der Waals surface area contributed by atoms with E-state index < -0.39 is 0 Å². The lowest BCUT2D eigenvalue weighted by Crippen LogP contribution is -2.61. The van der Waals surface area contributed by atoms with Crippen molar-refractivity contribution in [3.05, 3.63) is 71.8 Å². The van der Waals surface area contributed by atoms with Crippen LogP contribution in [0.25, 0.3) is 0 Å². The Balaban J connectivity index is 1.12. The molecule has 0 spiro atoms. The topological polar surface area (TPSA) is 58.2 Å². The molecule has 4 aliphatic rings. The highest BCUT2D eigenvalue weighted by molar-refractivity contribution is 5.80. The Morgan fingerprint density at radius 1 is 0.868 bits per heavy atom. The number of fused-ring (bicyclic) bond motifs is 5. The average Bonchev–Trinajstić information content (AvgIpc) is 3.30. The van der Waals surface area contributed by atoms with Crippen molar-refractivity contribution in [2.24, 2.45) is 34.5 Å². The Labute approximate surface area is 228 Å². The highest BCUT2D eigenvalue weighted by atomic mass is 16.2. The molecule has 1 heterocycles. The molecule has 4 fully saturated rings. The van der Waals surface area contributed by atoms with Crippen molar-refractivity contribution in [2.75, 3.05) is 6.54 Å². The zero-order chi connectivity index (χ0) is 26.3. The molecule has 0 bridgehead atoms. The van der Waals surface area contributed by atoms with Gasteiger partial charge in [0.05, 0.1) is 0 Å². The van der Waals surface area contributed by atoms with Crippen molar-refractivity contribution >= 4 is 11.8 Å². The van der Waals surface area contributed by atoms with E-state index in [-0.39, 0.29) is 34.5 Å². The number of hydrogen-bond donors (Lipinski definition) is 2. The number of nitrogens with one attached hydrogen (secondary N) is 2. The Kier molecular flexibility index (Phi) is 6.86. The third-order valence-electron chi connectivity index (χ3n) is 11.5. The van der Waals surface area contributed by atoms with Crippen LogP contribution in [0.3, 0.4) is 0 Å². The van der Waals surface area contributed by atoms with Crippen molar-refractivity contribution < 1.29 is 9.59 Å². The van der Waals surface area contributed by atoms with Gasteiger partial charge in [-0.15, -0.1) is 0 Å². The van der Waals surface area contributed by atoms with Crippen molar-refractivity contribution in [2.45, 2.75) is 83.6 Å². The highest BCUT2D eigenvalue weighted by Gasteiger charge is 2.61. The molecule has 3 saturated carbocycles. The molecule has 4 nitrogen and oxygen atoms in total. The summed E-state index contributed by atoms with van der Waals surface area (Å²) < 4.78 is 0. The van der Waals surface area contributed by atoms with Gasteiger partial charge in [0.15, 0.2) is 0 Å². The Morgan fingerprint density at radius 3 is 2.21 bits per heavy atom. The summed E-state index contributed by atoms with van der Waals surface area (Å²) in [6.45, 7) is 5.58. The quantitative estimate of drug-likeness (QED) is 0.467. The SMILES string of the molecule is C[C@]12CCC(=O)N[C@@H]1CC[C@@H]1[C@@H]2CC[C@]2(C)[C@@H](C(=O)NCCC(c3ccccc3)c3ccccc3)CC[C@@H]12. The number of piperidine rings is 1. The van der Waals surface area contributed by atoms with Crippen LogP contribution in [0.15, 0.2) is 60.7 Å². The van der Waals surface area contributed by atoms with Crippen molar-refractivity contribution in [1.29, 1.82) is 0 Å². The van der Waals surface area contributed by atoms with Crippen LogP contribution in [0, 0.1) is 34.5 Å². The van der Waals surface area contributed by atoms with Gasteiger partial charge in [-0.05, 0) is 91.1 Å². The second kappa shape index (κ2) is 10.2. The van der Waals surface area contributed by atoms with Crippen molar-refractivity contribution in [3.63, 3.8) is 0 Å². The van der Waals surface area contributed by atoms with Gasteiger partial charge in [0, 0.05) is 30.8 Å². The molecule has 2 amide bonds. The zero-order valence-electron chi connectivity index (χ0n) is 23.1. The van der Waals surface area contributed by atoms with E-state index in [0.29, 0.717) is 36.8 Å². The van der Waals surface area contributed by atoms with E-state index in [9.17, 15) is 9.59 Å². The first kappa shape index (κ1) is 25.6. The molecule has 0 unspecified atom stereocenters. The second-order valence-electron chi connectivity index (χ2n) is 13.2. The van der Waals surface area contributed by atoms with Gasteiger partial charge in [-0.25, -0.2) is 0 Å². The Morgan fingerprint density at radius 2 is 1.53 bits per heavy atom. The molecule has 2 aromatic carbocycles. The molecule has 1 saturated heterocycles. The molecule has 2 N–H and O–H groups in total. The van der Waals surface area contributed by atoms with Crippen LogP contribution in [0.1, 0.15) is 88.7 Å². The summed E-state index contributed by atoms with van der Waals surface area (Å²) in [6, 6.07) is 21.7. The lowest BCUT2D eigenvalue weighted by atomic mass is 9.47. The van der Waals surface area contributed by atoms with Crippen LogP contribution in [-0.4, -0.2) is 24.4 Å². The van der Waals surface area contributed by atoms with Gasteiger partial charge < -0.3 is 10.6 Å². The number of amides is 2. The van der Waals surface area contributed by atoms with Crippen LogP contribution in [0.5, 0.6) is 0 Å². The van der Waals surface area contributed by atoms with E-state index in [2.05, 4.69) is 85.1 Å². The van der Waals surface area contributed by atoms with Crippen molar-refractivity contribution in [3.8, 4) is 0 Å². The summed E-state index contributed by atoms with van der Waals surface area (Å²) in [5, 5.41) is 6.74. The molecule has 2 aromatic rings. The lowest BCUT2D eigenvalue weighted by molar-refractivity contribution is -0.141. The third-order valence-corrected chi connectivity index (χ3v) is 11.5. The van der Waals surface area contributed by atoms with Gasteiger partial charge in [0.1, 0.15) is 0 Å². The Hall–Kier alpha value is -2.62. The predicted molar refractivity (Wildman–Crippen MR) is 151 cm³/mol. The molecule has 3 aliphatic carbocycles. The Bertz CT molecular complexity index is 1110. The number of carbonyl (C=O) groups excluding carboxylic acids is 2. The summed E-state index contributed by atoms with van der Waals surface area (Å²) in [5.74, 6) is 2.93. The molecule has 202 valence electrons. The normalized spacial score (nSPS) is 36.1. The van der Waals surface area contributed by atoms with Gasteiger partial charge in [-0.3, -0.25) is 9.59 Å². The van der Waals surface area contributed by atoms with Crippen LogP contribution in [-0.2, 0) is 9.59 Å². The van der Waals surface area contributed by atoms with Gasteiger partial charge in [-0.2, -0.15) is 0 Å². The van der Waals surface area contributed by atoms with E-state index in [0.717, 1.165) is 32.1 Å². The number of carbonyl (C=O) groups is 2. The van der Waals surface area contributed by atoms with E-state index in [1.165, 1.54) is 30.4 Å². The average molecular weight is 513 g/mol. The molecule has 38 heavy (non-hydrogen) atoms. The highest BCUT2D eigenvalue weighted by Crippen LogP contribution is 2.65. The maximum absolute atomic E-state index is 13.7. The molecule has 0 aromatic heterocycles. The molecule has 4 heteroatoms. The fourth-order valence-electron chi connectivity index (χ4n) is 9.49. The van der Waals surface area contributed by atoms with Crippen LogP contribution in [0.4, 0.5) is 0 Å². The fraction of sp³-hybridized carbons (Fsp3) is 0.588. The van der Waals surface area contributed by atoms with Gasteiger partial charge in [0.25, 0.3) is 0 Å². The molecular weight excluding hydrogens is 468 g/mol. The van der Waals surface area contributed by atoms with E-state index in [1.54, 1.807) is 0 Å². The lowest BCUT2D eigenvalue weighted by Gasteiger charge is -2.60. The van der Waals surface area contributed by atoms with Crippen LogP contribution >= 0.6 is 0 Å². The largest absolute Gasteiger partial charge is 0.356 e. The van der Waals surface area contributed by atoms with E-state index in [1.807, 2.05) is 0 Å².